The number of nitrogens with zero attached hydrogens (tertiary/aromatic N) is 1. The smallest absolute Gasteiger partial charge is 0.135 e. The predicted octanol–water partition coefficient (Wildman–Crippen LogP) is 11.7. The summed E-state index contributed by atoms with van der Waals surface area (Å²) in [6.45, 7) is 0. The van der Waals surface area contributed by atoms with E-state index in [1.165, 1.54) is 44.2 Å². The van der Waals surface area contributed by atoms with Gasteiger partial charge in [-0.05, 0) is 75.8 Å². The Balaban J connectivity index is 1.38. The molecule has 0 saturated heterocycles. The first-order valence-electron chi connectivity index (χ1n) is 15.6. The van der Waals surface area contributed by atoms with Gasteiger partial charge in [0.25, 0.3) is 0 Å². The molecule has 0 fully saturated rings. The first kappa shape index (κ1) is 25.7. The monoisotopic (exact) mass is 607 g/mol. The van der Waals surface area contributed by atoms with Gasteiger partial charge in [0.2, 0.25) is 0 Å². The highest BCUT2D eigenvalue weighted by atomic mass is 35.5. The van der Waals surface area contributed by atoms with Crippen molar-refractivity contribution in [2.24, 2.45) is 0 Å². The number of benzene rings is 7. The van der Waals surface area contributed by atoms with Crippen molar-refractivity contribution in [1.82, 2.24) is 4.57 Å². The lowest BCUT2D eigenvalue weighted by Crippen LogP contribution is -2.29. The molecule has 0 bridgehead atoms. The van der Waals surface area contributed by atoms with E-state index in [9.17, 15) is 0 Å². The number of rotatable bonds is 3. The van der Waals surface area contributed by atoms with E-state index in [1.807, 2.05) is 12.1 Å². The Morgan fingerprint density at radius 1 is 0.478 bits per heavy atom. The van der Waals surface area contributed by atoms with E-state index in [2.05, 4.69) is 150 Å². The van der Waals surface area contributed by atoms with Crippen LogP contribution in [0.15, 0.2) is 162 Å². The molecular formula is C43H26ClNO. The number of aromatic nitrogens is 1. The van der Waals surface area contributed by atoms with E-state index in [0.717, 1.165) is 38.7 Å². The summed E-state index contributed by atoms with van der Waals surface area (Å²) in [6, 6.07) is 56.5. The molecule has 0 aliphatic heterocycles. The maximum absolute atomic E-state index is 7.22. The highest BCUT2D eigenvalue weighted by molar-refractivity contribution is 6.32. The van der Waals surface area contributed by atoms with Gasteiger partial charge in [-0.1, -0.05) is 127 Å². The third kappa shape index (κ3) is 3.32. The SMILES string of the molecule is Clc1cc(C2(c3ccccc3)c3ccccc3-c3ccccc32)c2c3ccccc3n(-c3ccc4oc5ccccc5c4c3)c2c1. The van der Waals surface area contributed by atoms with Crippen molar-refractivity contribution in [2.75, 3.05) is 0 Å². The summed E-state index contributed by atoms with van der Waals surface area (Å²) in [5.41, 5.74) is 12.0. The first-order chi connectivity index (χ1) is 22.7. The molecule has 46 heavy (non-hydrogen) atoms. The number of hydrogen-bond donors (Lipinski definition) is 0. The lowest BCUT2D eigenvalue weighted by molar-refractivity contribution is 0.669. The van der Waals surface area contributed by atoms with Crippen LogP contribution < -0.4 is 0 Å². The Hall–Kier alpha value is -5.57. The Bertz CT molecular complexity index is 2620. The molecule has 216 valence electrons. The quantitative estimate of drug-likeness (QED) is 0.195. The zero-order chi connectivity index (χ0) is 30.4. The van der Waals surface area contributed by atoms with Gasteiger partial charge in [-0.25, -0.2) is 0 Å². The second-order valence-corrected chi connectivity index (χ2v) is 12.6. The molecule has 2 nitrogen and oxygen atoms in total. The van der Waals surface area contributed by atoms with Crippen molar-refractivity contribution in [3.63, 3.8) is 0 Å². The van der Waals surface area contributed by atoms with Crippen molar-refractivity contribution in [3.8, 4) is 16.8 Å². The van der Waals surface area contributed by atoms with Crippen molar-refractivity contribution < 1.29 is 4.42 Å². The third-order valence-corrected chi connectivity index (χ3v) is 10.1. The Labute approximate surface area is 270 Å². The van der Waals surface area contributed by atoms with Crippen molar-refractivity contribution in [1.29, 1.82) is 0 Å². The average molecular weight is 608 g/mol. The van der Waals surface area contributed by atoms with Gasteiger partial charge in [0.1, 0.15) is 11.2 Å². The largest absolute Gasteiger partial charge is 0.456 e. The van der Waals surface area contributed by atoms with Crippen LogP contribution in [0.1, 0.15) is 22.3 Å². The molecule has 0 atom stereocenters. The highest BCUT2D eigenvalue weighted by Crippen LogP contribution is 2.58. The first-order valence-corrected chi connectivity index (χ1v) is 16.0. The minimum absolute atomic E-state index is 0.572. The highest BCUT2D eigenvalue weighted by Gasteiger charge is 2.47. The molecule has 10 rings (SSSR count). The maximum Gasteiger partial charge on any atom is 0.135 e. The molecule has 0 unspecified atom stereocenters. The summed E-state index contributed by atoms with van der Waals surface area (Å²) in [4.78, 5) is 0. The lowest BCUT2D eigenvalue weighted by atomic mass is 9.66. The molecule has 2 heterocycles. The van der Waals surface area contributed by atoms with Crippen molar-refractivity contribution >= 4 is 55.3 Å². The van der Waals surface area contributed by atoms with Crippen molar-refractivity contribution in [3.05, 3.63) is 185 Å². The van der Waals surface area contributed by atoms with Crippen LogP contribution in [-0.2, 0) is 5.41 Å². The van der Waals surface area contributed by atoms with Gasteiger partial charge in [0.05, 0.1) is 16.4 Å². The predicted molar refractivity (Wildman–Crippen MR) is 190 cm³/mol. The number of halogens is 1. The molecule has 0 N–H and O–H groups in total. The van der Waals surface area contributed by atoms with E-state index >= 15 is 0 Å². The van der Waals surface area contributed by atoms with Crippen LogP contribution >= 0.6 is 11.6 Å². The van der Waals surface area contributed by atoms with Crippen LogP contribution in [0.25, 0.3) is 60.6 Å². The summed E-state index contributed by atoms with van der Waals surface area (Å²) in [5, 5.41) is 5.31. The number of fused-ring (bicyclic) bond motifs is 9. The standard InChI is InChI=1S/C43H26ClNO/c44-28-24-37(43(27-12-2-1-3-13-27)35-18-8-4-14-30(35)31-15-5-9-19-36(31)43)42-33-17-6-10-20-38(33)45(39(42)25-28)29-22-23-41-34(26-29)32-16-7-11-21-40(32)46-41/h1-26H. The molecule has 7 aromatic carbocycles. The Kier molecular flexibility index (Phi) is 5.29. The van der Waals surface area contributed by atoms with Gasteiger partial charge in [-0.2, -0.15) is 0 Å². The zero-order valence-corrected chi connectivity index (χ0v) is 25.5. The number of para-hydroxylation sites is 2. The molecule has 0 spiro atoms. The molecule has 2 aromatic heterocycles. The van der Waals surface area contributed by atoms with Gasteiger partial charge >= 0.3 is 0 Å². The van der Waals surface area contributed by atoms with Gasteiger partial charge in [-0.15, -0.1) is 0 Å². The van der Waals surface area contributed by atoms with Crippen LogP contribution in [0.2, 0.25) is 5.02 Å². The van der Waals surface area contributed by atoms with Crippen LogP contribution in [0.3, 0.4) is 0 Å². The normalized spacial score (nSPS) is 13.5. The fourth-order valence-electron chi connectivity index (χ4n) is 8.17. The summed E-state index contributed by atoms with van der Waals surface area (Å²) in [7, 11) is 0. The Morgan fingerprint density at radius 2 is 1.11 bits per heavy atom. The summed E-state index contributed by atoms with van der Waals surface area (Å²) < 4.78 is 8.57. The fraction of sp³-hybridized carbons (Fsp3) is 0.0233. The van der Waals surface area contributed by atoms with Gasteiger partial charge in [-0.3, -0.25) is 0 Å². The van der Waals surface area contributed by atoms with E-state index < -0.39 is 5.41 Å². The van der Waals surface area contributed by atoms with E-state index in [4.69, 9.17) is 16.0 Å². The van der Waals surface area contributed by atoms with Crippen LogP contribution in [-0.4, -0.2) is 4.57 Å². The van der Waals surface area contributed by atoms with E-state index in [0.29, 0.717) is 5.02 Å². The molecule has 1 aliphatic carbocycles. The minimum atomic E-state index is -0.572. The summed E-state index contributed by atoms with van der Waals surface area (Å²) >= 11 is 7.22. The van der Waals surface area contributed by atoms with Crippen LogP contribution in [0.4, 0.5) is 0 Å². The Morgan fingerprint density at radius 3 is 1.89 bits per heavy atom. The van der Waals surface area contributed by atoms with Crippen LogP contribution in [0, 0.1) is 0 Å². The molecule has 3 heteroatoms. The second-order valence-electron chi connectivity index (χ2n) is 12.2. The fourth-order valence-corrected chi connectivity index (χ4v) is 8.38. The topological polar surface area (TPSA) is 18.1 Å². The summed E-state index contributed by atoms with van der Waals surface area (Å²) in [6.07, 6.45) is 0. The third-order valence-electron chi connectivity index (χ3n) is 9.92. The molecule has 1 aliphatic rings. The van der Waals surface area contributed by atoms with Gasteiger partial charge < -0.3 is 8.98 Å². The average Bonchev–Trinajstić information content (AvgIpc) is 3.74. The van der Waals surface area contributed by atoms with Gasteiger partial charge in [0, 0.05) is 32.3 Å². The summed E-state index contributed by atoms with van der Waals surface area (Å²) in [5.74, 6) is 0. The molecular weight excluding hydrogens is 582 g/mol. The molecule has 0 amide bonds. The number of hydrogen-bond acceptors (Lipinski definition) is 1. The minimum Gasteiger partial charge on any atom is -0.456 e. The van der Waals surface area contributed by atoms with Crippen LogP contribution in [0.5, 0.6) is 0 Å². The lowest BCUT2D eigenvalue weighted by Gasteiger charge is -2.34. The van der Waals surface area contributed by atoms with Crippen molar-refractivity contribution in [2.45, 2.75) is 5.41 Å². The second kappa shape index (κ2) is 9.47. The van der Waals surface area contributed by atoms with E-state index in [1.54, 1.807) is 0 Å². The maximum atomic E-state index is 7.22. The van der Waals surface area contributed by atoms with Gasteiger partial charge in [0.15, 0.2) is 0 Å². The van der Waals surface area contributed by atoms with E-state index in [-0.39, 0.29) is 0 Å². The molecule has 0 saturated carbocycles. The zero-order valence-electron chi connectivity index (χ0n) is 24.7. The molecule has 9 aromatic rings. The molecule has 0 radical (unpaired) electrons. The number of furan rings is 1.